The highest BCUT2D eigenvalue weighted by Crippen LogP contribution is 2.41. The van der Waals surface area contributed by atoms with E-state index in [2.05, 4.69) is 34.6 Å². The van der Waals surface area contributed by atoms with E-state index in [0.29, 0.717) is 6.42 Å². The summed E-state index contributed by atoms with van der Waals surface area (Å²) in [5, 5.41) is 0. The van der Waals surface area contributed by atoms with E-state index in [1.54, 1.807) is 0 Å². The molecule has 0 saturated carbocycles. The lowest BCUT2D eigenvalue weighted by Crippen LogP contribution is -2.37. The molecule has 104 valence electrons. The van der Waals surface area contributed by atoms with Gasteiger partial charge in [-0.3, -0.25) is 0 Å². The first-order valence-electron chi connectivity index (χ1n) is 7.11. The van der Waals surface area contributed by atoms with Gasteiger partial charge in [0.05, 0.1) is 0 Å². The van der Waals surface area contributed by atoms with E-state index in [9.17, 15) is 4.79 Å². The highest BCUT2D eigenvalue weighted by atomic mass is 16.5. The van der Waals surface area contributed by atoms with Gasteiger partial charge < -0.3 is 9.53 Å². The molecule has 0 amide bonds. The van der Waals surface area contributed by atoms with Crippen molar-refractivity contribution in [2.75, 3.05) is 0 Å². The van der Waals surface area contributed by atoms with Gasteiger partial charge in [0, 0.05) is 6.42 Å². The Bertz CT molecular complexity index is 517. The Morgan fingerprint density at radius 2 is 1.74 bits per heavy atom. The van der Waals surface area contributed by atoms with Crippen LogP contribution >= 0.6 is 0 Å². The second kappa shape index (κ2) is 4.99. The normalized spacial score (nSPS) is 21.7. The molecule has 1 aromatic carbocycles. The van der Waals surface area contributed by atoms with Gasteiger partial charge in [-0.15, -0.1) is 0 Å². The second-order valence-electron chi connectivity index (χ2n) is 6.06. The Balaban J connectivity index is 2.43. The molecule has 2 heteroatoms. The predicted octanol–water partition coefficient (Wildman–Crippen LogP) is 3.98. The summed E-state index contributed by atoms with van der Waals surface area (Å²) in [4.78, 5) is 10.6. The van der Waals surface area contributed by atoms with Crippen LogP contribution in [0.3, 0.4) is 0 Å². The van der Waals surface area contributed by atoms with Gasteiger partial charge in [-0.05, 0) is 81.7 Å². The van der Waals surface area contributed by atoms with E-state index in [1.165, 1.54) is 27.8 Å². The fraction of sp³-hybridized carbons (Fsp3) is 0.588. The second-order valence-corrected chi connectivity index (χ2v) is 6.06. The van der Waals surface area contributed by atoms with Gasteiger partial charge in [-0.1, -0.05) is 0 Å². The lowest BCUT2D eigenvalue weighted by Gasteiger charge is -2.38. The van der Waals surface area contributed by atoms with Crippen molar-refractivity contribution < 1.29 is 9.53 Å². The molecule has 0 unspecified atom stereocenters. The van der Waals surface area contributed by atoms with Gasteiger partial charge in [0.2, 0.25) is 0 Å². The fourth-order valence-corrected chi connectivity index (χ4v) is 3.02. The van der Waals surface area contributed by atoms with Crippen molar-refractivity contribution in [1.82, 2.24) is 0 Å². The smallest absolute Gasteiger partial charge is 0.126 e. The van der Waals surface area contributed by atoms with Crippen LogP contribution in [0.1, 0.15) is 54.0 Å². The molecule has 1 aliphatic heterocycles. The zero-order valence-electron chi connectivity index (χ0n) is 12.7. The number of benzene rings is 1. The lowest BCUT2D eigenvalue weighted by molar-refractivity contribution is -0.108. The summed E-state index contributed by atoms with van der Waals surface area (Å²) in [6.45, 7) is 10.8. The summed E-state index contributed by atoms with van der Waals surface area (Å²) in [7, 11) is 0. The quantitative estimate of drug-likeness (QED) is 0.768. The van der Waals surface area contributed by atoms with E-state index < -0.39 is 0 Å². The van der Waals surface area contributed by atoms with E-state index in [1.807, 2.05) is 0 Å². The molecule has 0 aromatic heterocycles. The summed E-state index contributed by atoms with van der Waals surface area (Å²) < 4.78 is 6.31. The first-order chi connectivity index (χ1) is 8.89. The van der Waals surface area contributed by atoms with Gasteiger partial charge in [0.15, 0.2) is 0 Å². The third-order valence-corrected chi connectivity index (χ3v) is 4.80. The number of aldehydes is 1. The van der Waals surface area contributed by atoms with Crippen molar-refractivity contribution in [3.05, 3.63) is 27.8 Å². The number of hydrogen-bond acceptors (Lipinski definition) is 2. The molecule has 0 aliphatic carbocycles. The summed E-state index contributed by atoms with van der Waals surface area (Å²) in [6, 6.07) is 0. The van der Waals surface area contributed by atoms with Crippen LogP contribution in [-0.4, -0.2) is 11.9 Å². The topological polar surface area (TPSA) is 26.3 Å². The zero-order valence-corrected chi connectivity index (χ0v) is 12.7. The van der Waals surface area contributed by atoms with Crippen LogP contribution < -0.4 is 4.74 Å². The van der Waals surface area contributed by atoms with Crippen LogP contribution in [0.15, 0.2) is 0 Å². The molecule has 2 rings (SSSR count). The first-order valence-corrected chi connectivity index (χ1v) is 7.11. The summed E-state index contributed by atoms with van der Waals surface area (Å²) in [5.74, 6) is 1.07. The molecule has 1 atom stereocenters. The van der Waals surface area contributed by atoms with Crippen LogP contribution in [0.25, 0.3) is 0 Å². The average molecular weight is 260 g/mol. The molecule has 0 bridgehead atoms. The Morgan fingerprint density at radius 1 is 1.11 bits per heavy atom. The van der Waals surface area contributed by atoms with E-state index in [4.69, 9.17) is 4.74 Å². The number of ether oxygens (including phenoxy) is 1. The van der Waals surface area contributed by atoms with Crippen LogP contribution in [0.4, 0.5) is 0 Å². The predicted molar refractivity (Wildman–Crippen MR) is 78.0 cm³/mol. The Morgan fingerprint density at radius 3 is 2.37 bits per heavy atom. The van der Waals surface area contributed by atoms with E-state index >= 15 is 0 Å². The summed E-state index contributed by atoms with van der Waals surface area (Å²) in [5.41, 5.74) is 6.52. The molecule has 0 N–H and O–H groups in total. The zero-order chi connectivity index (χ0) is 14.2. The van der Waals surface area contributed by atoms with Crippen molar-refractivity contribution >= 4 is 6.29 Å². The van der Waals surface area contributed by atoms with E-state index in [-0.39, 0.29) is 5.60 Å². The molecule has 0 fully saturated rings. The molecule has 0 spiro atoms. The fourth-order valence-electron chi connectivity index (χ4n) is 3.02. The standard InChI is InChI=1S/C17H24O2/c1-11-12(2)14(4)16-15(13(11)3)7-9-17(5,19-16)8-6-10-18/h10H,6-9H2,1-5H3/t17-/m1/s1. The van der Waals surface area contributed by atoms with Crippen LogP contribution in [-0.2, 0) is 11.2 Å². The minimum atomic E-state index is -0.188. The third kappa shape index (κ3) is 2.41. The Labute approximate surface area is 116 Å². The highest BCUT2D eigenvalue weighted by molar-refractivity contribution is 5.55. The van der Waals surface area contributed by atoms with Crippen molar-refractivity contribution in [1.29, 1.82) is 0 Å². The molecular formula is C17H24O2. The monoisotopic (exact) mass is 260 g/mol. The molecule has 1 aromatic rings. The number of rotatable bonds is 3. The maximum absolute atomic E-state index is 10.6. The Hall–Kier alpha value is -1.31. The van der Waals surface area contributed by atoms with Crippen molar-refractivity contribution in [2.45, 2.75) is 65.9 Å². The summed E-state index contributed by atoms with van der Waals surface area (Å²) >= 11 is 0. The van der Waals surface area contributed by atoms with Crippen LogP contribution in [0, 0.1) is 27.7 Å². The largest absolute Gasteiger partial charge is 0.487 e. The number of hydrogen-bond donors (Lipinski definition) is 0. The van der Waals surface area contributed by atoms with Gasteiger partial charge in [-0.25, -0.2) is 0 Å². The third-order valence-electron chi connectivity index (χ3n) is 4.80. The first kappa shape index (κ1) is 14.1. The minimum Gasteiger partial charge on any atom is -0.487 e. The van der Waals surface area contributed by atoms with Crippen molar-refractivity contribution in [2.24, 2.45) is 0 Å². The van der Waals surface area contributed by atoms with Gasteiger partial charge in [0.25, 0.3) is 0 Å². The van der Waals surface area contributed by atoms with Crippen molar-refractivity contribution in [3.8, 4) is 5.75 Å². The highest BCUT2D eigenvalue weighted by Gasteiger charge is 2.33. The van der Waals surface area contributed by atoms with Crippen LogP contribution in [0.5, 0.6) is 5.75 Å². The SMILES string of the molecule is Cc1c(C)c(C)c2c(c1C)CC[C@@](C)(CCC=O)O2. The van der Waals surface area contributed by atoms with Crippen LogP contribution in [0.2, 0.25) is 0 Å². The molecular weight excluding hydrogens is 236 g/mol. The average Bonchev–Trinajstić information content (AvgIpc) is 2.40. The summed E-state index contributed by atoms with van der Waals surface area (Å²) in [6.07, 6.45) is 4.42. The molecule has 19 heavy (non-hydrogen) atoms. The molecule has 1 heterocycles. The van der Waals surface area contributed by atoms with E-state index in [0.717, 1.165) is 31.3 Å². The van der Waals surface area contributed by atoms with Gasteiger partial charge >= 0.3 is 0 Å². The number of carbonyl (C=O) groups is 1. The maximum atomic E-state index is 10.6. The Kier molecular flexibility index (Phi) is 3.71. The number of carbonyl (C=O) groups excluding carboxylic acids is 1. The minimum absolute atomic E-state index is 0.188. The molecule has 0 radical (unpaired) electrons. The molecule has 1 aliphatic rings. The van der Waals surface area contributed by atoms with Gasteiger partial charge in [-0.2, -0.15) is 0 Å². The van der Waals surface area contributed by atoms with Crippen molar-refractivity contribution in [3.63, 3.8) is 0 Å². The lowest BCUT2D eigenvalue weighted by atomic mass is 9.84. The molecule has 0 saturated heterocycles. The van der Waals surface area contributed by atoms with Gasteiger partial charge in [0.1, 0.15) is 17.6 Å². The molecule has 2 nitrogen and oxygen atoms in total. The number of fused-ring (bicyclic) bond motifs is 1. The maximum Gasteiger partial charge on any atom is 0.126 e.